The molecule has 32 heavy (non-hydrogen) atoms. The number of morpholine rings is 2. The van der Waals surface area contributed by atoms with E-state index in [1.165, 1.54) is 0 Å². The number of hydrogen-bond acceptors (Lipinski definition) is 4. The van der Waals surface area contributed by atoms with Crippen LogP contribution in [0.1, 0.15) is 50.0 Å². The first-order valence-electron chi connectivity index (χ1n) is 11.5. The summed E-state index contributed by atoms with van der Waals surface area (Å²) in [6, 6.07) is 19.9. The predicted octanol–water partition coefficient (Wildman–Crippen LogP) is 3.74. The Morgan fingerprint density at radius 1 is 0.719 bits per heavy atom. The second-order valence-electron chi connectivity index (χ2n) is 8.56. The number of hydrogen-bond donors (Lipinski definition) is 0. The SMILES string of the molecule is C[C@@H]1[C@H](c2ccccc2)OCCN1C(=O)CCC(=O)N1CCO[C@H](c2ccccc2)[C@@H]1C. The van der Waals surface area contributed by atoms with E-state index in [4.69, 9.17) is 9.47 Å². The van der Waals surface area contributed by atoms with Crippen LogP contribution in [0.5, 0.6) is 0 Å². The standard InChI is InChI=1S/C26H32N2O4/c1-19-25(21-9-5-3-6-10-21)31-17-15-27(19)23(29)13-14-24(30)28-16-18-32-26(20(28)2)22-11-7-4-8-12-22/h3-12,19-20,25-26H,13-18H2,1-2H3/t19-,20+,25-,26+. The number of amides is 2. The van der Waals surface area contributed by atoms with Gasteiger partial charge in [-0.2, -0.15) is 0 Å². The van der Waals surface area contributed by atoms with Crippen LogP contribution in [0.2, 0.25) is 0 Å². The monoisotopic (exact) mass is 436 g/mol. The van der Waals surface area contributed by atoms with Crippen LogP contribution in [0.15, 0.2) is 60.7 Å². The van der Waals surface area contributed by atoms with Gasteiger partial charge in [0.2, 0.25) is 11.8 Å². The summed E-state index contributed by atoms with van der Waals surface area (Å²) in [6.45, 7) is 6.16. The fourth-order valence-corrected chi connectivity index (χ4v) is 4.81. The second kappa shape index (κ2) is 10.3. The molecule has 0 radical (unpaired) electrons. The average molecular weight is 437 g/mol. The van der Waals surface area contributed by atoms with E-state index in [1.807, 2.05) is 84.3 Å². The zero-order valence-corrected chi connectivity index (χ0v) is 18.9. The van der Waals surface area contributed by atoms with E-state index < -0.39 is 0 Å². The van der Waals surface area contributed by atoms with Crippen molar-refractivity contribution in [1.82, 2.24) is 9.80 Å². The molecule has 0 aromatic heterocycles. The van der Waals surface area contributed by atoms with Gasteiger partial charge in [-0.15, -0.1) is 0 Å². The van der Waals surface area contributed by atoms with Crippen LogP contribution < -0.4 is 0 Å². The highest BCUT2D eigenvalue weighted by atomic mass is 16.5. The Labute approximate surface area is 190 Å². The Kier molecular flexibility index (Phi) is 7.22. The molecule has 0 aliphatic carbocycles. The molecule has 0 N–H and O–H groups in total. The summed E-state index contributed by atoms with van der Waals surface area (Å²) in [5, 5.41) is 0. The lowest BCUT2D eigenvalue weighted by Gasteiger charge is -2.41. The molecule has 4 rings (SSSR count). The second-order valence-corrected chi connectivity index (χ2v) is 8.56. The Bertz CT molecular complexity index is 829. The molecule has 0 spiro atoms. The predicted molar refractivity (Wildman–Crippen MR) is 122 cm³/mol. The molecule has 4 atom stereocenters. The van der Waals surface area contributed by atoms with Crippen molar-refractivity contribution >= 4 is 11.8 Å². The number of carbonyl (C=O) groups excluding carboxylic acids is 2. The minimum Gasteiger partial charge on any atom is -0.370 e. The molecule has 2 aliphatic heterocycles. The van der Waals surface area contributed by atoms with Gasteiger partial charge in [0.15, 0.2) is 0 Å². The molecule has 2 aliphatic rings. The van der Waals surface area contributed by atoms with Gasteiger partial charge in [0.05, 0.1) is 25.3 Å². The van der Waals surface area contributed by atoms with Gasteiger partial charge < -0.3 is 19.3 Å². The molecule has 170 valence electrons. The van der Waals surface area contributed by atoms with Crippen molar-refractivity contribution in [2.45, 2.75) is 51.0 Å². The third-order valence-corrected chi connectivity index (χ3v) is 6.57. The first-order valence-corrected chi connectivity index (χ1v) is 11.5. The lowest BCUT2D eigenvalue weighted by Crippen LogP contribution is -2.50. The fraction of sp³-hybridized carbons (Fsp3) is 0.462. The summed E-state index contributed by atoms with van der Waals surface area (Å²) in [4.78, 5) is 29.8. The maximum Gasteiger partial charge on any atom is 0.223 e. The van der Waals surface area contributed by atoms with E-state index in [9.17, 15) is 9.59 Å². The normalized spacial score (nSPS) is 26.1. The van der Waals surface area contributed by atoms with E-state index in [0.29, 0.717) is 26.3 Å². The highest BCUT2D eigenvalue weighted by molar-refractivity contribution is 5.84. The molecular formula is C26H32N2O4. The van der Waals surface area contributed by atoms with Gasteiger partial charge in [0, 0.05) is 25.9 Å². The van der Waals surface area contributed by atoms with E-state index in [1.54, 1.807) is 0 Å². The molecule has 2 saturated heterocycles. The van der Waals surface area contributed by atoms with Gasteiger partial charge in [-0.25, -0.2) is 0 Å². The van der Waals surface area contributed by atoms with Crippen molar-refractivity contribution in [2.24, 2.45) is 0 Å². The Morgan fingerprint density at radius 2 is 1.09 bits per heavy atom. The van der Waals surface area contributed by atoms with Crippen LogP contribution in [0.25, 0.3) is 0 Å². The number of carbonyl (C=O) groups is 2. The Hall–Kier alpha value is -2.70. The maximum atomic E-state index is 13.0. The van der Waals surface area contributed by atoms with Crippen molar-refractivity contribution in [3.63, 3.8) is 0 Å². The van der Waals surface area contributed by atoms with Gasteiger partial charge >= 0.3 is 0 Å². The third kappa shape index (κ3) is 4.87. The van der Waals surface area contributed by atoms with Crippen molar-refractivity contribution in [2.75, 3.05) is 26.3 Å². The quantitative estimate of drug-likeness (QED) is 0.716. The van der Waals surface area contributed by atoms with E-state index in [0.717, 1.165) is 11.1 Å². The molecule has 2 heterocycles. The molecule has 2 amide bonds. The van der Waals surface area contributed by atoms with Gasteiger partial charge in [-0.1, -0.05) is 60.7 Å². The molecule has 2 aromatic rings. The van der Waals surface area contributed by atoms with E-state index >= 15 is 0 Å². The summed E-state index contributed by atoms with van der Waals surface area (Å²) in [6.07, 6.45) is 0.140. The van der Waals surface area contributed by atoms with E-state index in [-0.39, 0.29) is 48.9 Å². The van der Waals surface area contributed by atoms with Crippen LogP contribution in [0.4, 0.5) is 0 Å². The summed E-state index contributed by atoms with van der Waals surface area (Å²) in [5.74, 6) is 0.0196. The molecular weight excluding hydrogens is 404 g/mol. The Morgan fingerprint density at radius 3 is 1.47 bits per heavy atom. The van der Waals surface area contributed by atoms with Crippen LogP contribution in [0.3, 0.4) is 0 Å². The average Bonchev–Trinajstić information content (AvgIpc) is 2.83. The molecule has 0 bridgehead atoms. The van der Waals surface area contributed by atoms with Crippen molar-refractivity contribution in [1.29, 1.82) is 0 Å². The number of benzene rings is 2. The van der Waals surface area contributed by atoms with E-state index in [2.05, 4.69) is 0 Å². The summed E-state index contributed by atoms with van der Waals surface area (Å²) in [7, 11) is 0. The first-order chi connectivity index (χ1) is 15.6. The largest absolute Gasteiger partial charge is 0.370 e. The van der Waals surface area contributed by atoms with Crippen LogP contribution in [-0.4, -0.2) is 60.0 Å². The van der Waals surface area contributed by atoms with Crippen molar-refractivity contribution in [3.8, 4) is 0 Å². The minimum absolute atomic E-state index is 0.00982. The zero-order valence-electron chi connectivity index (χ0n) is 18.9. The highest BCUT2D eigenvalue weighted by Crippen LogP contribution is 2.30. The smallest absolute Gasteiger partial charge is 0.223 e. The van der Waals surface area contributed by atoms with Crippen LogP contribution in [-0.2, 0) is 19.1 Å². The number of ether oxygens (including phenoxy) is 2. The van der Waals surface area contributed by atoms with Crippen LogP contribution >= 0.6 is 0 Å². The zero-order chi connectivity index (χ0) is 22.5. The number of rotatable bonds is 5. The summed E-state index contributed by atoms with van der Waals surface area (Å²) >= 11 is 0. The topological polar surface area (TPSA) is 59.1 Å². The van der Waals surface area contributed by atoms with Gasteiger partial charge in [0.25, 0.3) is 0 Å². The molecule has 6 heteroatoms. The highest BCUT2D eigenvalue weighted by Gasteiger charge is 2.35. The third-order valence-electron chi connectivity index (χ3n) is 6.57. The molecule has 0 unspecified atom stereocenters. The minimum atomic E-state index is -0.143. The van der Waals surface area contributed by atoms with Crippen molar-refractivity contribution in [3.05, 3.63) is 71.8 Å². The van der Waals surface area contributed by atoms with Gasteiger partial charge in [0.1, 0.15) is 12.2 Å². The molecule has 6 nitrogen and oxygen atoms in total. The van der Waals surface area contributed by atoms with Gasteiger partial charge in [-0.05, 0) is 25.0 Å². The number of nitrogens with zero attached hydrogens (tertiary/aromatic N) is 2. The summed E-state index contributed by atoms with van der Waals surface area (Å²) in [5.41, 5.74) is 2.14. The molecule has 0 saturated carbocycles. The first kappa shape index (κ1) is 22.5. The maximum absolute atomic E-state index is 13.0. The van der Waals surface area contributed by atoms with Crippen LogP contribution in [0, 0.1) is 0 Å². The molecule has 2 fully saturated rings. The summed E-state index contributed by atoms with van der Waals surface area (Å²) < 4.78 is 11.9. The fourth-order valence-electron chi connectivity index (χ4n) is 4.81. The van der Waals surface area contributed by atoms with Gasteiger partial charge in [-0.3, -0.25) is 9.59 Å². The lowest BCUT2D eigenvalue weighted by molar-refractivity contribution is -0.151. The molecule has 2 aromatic carbocycles. The lowest BCUT2D eigenvalue weighted by atomic mass is 9.99. The Balaban J connectivity index is 1.34. The van der Waals surface area contributed by atoms with Crippen molar-refractivity contribution < 1.29 is 19.1 Å².